The van der Waals surface area contributed by atoms with E-state index < -0.39 is 17.7 Å². The third kappa shape index (κ3) is 5.48. The first-order valence-electron chi connectivity index (χ1n) is 9.15. The highest BCUT2D eigenvalue weighted by molar-refractivity contribution is 5.69. The van der Waals surface area contributed by atoms with Gasteiger partial charge in [-0.2, -0.15) is 13.2 Å². The van der Waals surface area contributed by atoms with E-state index in [1.165, 1.54) is 12.1 Å². The molecule has 1 heterocycles. The van der Waals surface area contributed by atoms with E-state index in [-0.39, 0.29) is 12.6 Å². The van der Waals surface area contributed by atoms with E-state index in [1.54, 1.807) is 0 Å². The standard InChI is InChI=1S/C21H22F3NO3/c22-21(23,24)17-7-3-15(4-8-17)12-16-5-9-19(10-6-16)28-14-18-2-1-11-25(18)13-20(26)27/h3-10,18H,1-2,11-14H2,(H,26,27). The van der Waals surface area contributed by atoms with Gasteiger partial charge in [0.25, 0.3) is 0 Å². The number of alkyl halides is 3. The van der Waals surface area contributed by atoms with Crippen molar-refractivity contribution in [2.45, 2.75) is 31.5 Å². The molecule has 0 bridgehead atoms. The summed E-state index contributed by atoms with van der Waals surface area (Å²) in [6.07, 6.45) is -1.91. The average molecular weight is 393 g/mol. The van der Waals surface area contributed by atoms with Gasteiger partial charge in [-0.1, -0.05) is 24.3 Å². The van der Waals surface area contributed by atoms with Crippen molar-refractivity contribution >= 4 is 5.97 Å². The van der Waals surface area contributed by atoms with Gasteiger partial charge in [-0.15, -0.1) is 0 Å². The van der Waals surface area contributed by atoms with Crippen LogP contribution in [0.4, 0.5) is 13.2 Å². The highest BCUT2D eigenvalue weighted by atomic mass is 19.4. The number of ether oxygens (including phenoxy) is 1. The zero-order valence-electron chi connectivity index (χ0n) is 15.3. The topological polar surface area (TPSA) is 49.8 Å². The quantitative estimate of drug-likeness (QED) is 0.765. The fourth-order valence-electron chi connectivity index (χ4n) is 3.41. The Morgan fingerprint density at radius 1 is 1.07 bits per heavy atom. The third-order valence-corrected chi connectivity index (χ3v) is 4.89. The second-order valence-corrected chi connectivity index (χ2v) is 6.99. The van der Waals surface area contributed by atoms with Crippen molar-refractivity contribution in [1.29, 1.82) is 0 Å². The highest BCUT2D eigenvalue weighted by Crippen LogP contribution is 2.29. The predicted molar refractivity (Wildman–Crippen MR) is 98.4 cm³/mol. The summed E-state index contributed by atoms with van der Waals surface area (Å²) in [5.41, 5.74) is 1.13. The molecule has 1 saturated heterocycles. The molecule has 1 N–H and O–H groups in total. The molecule has 28 heavy (non-hydrogen) atoms. The first-order chi connectivity index (χ1) is 13.3. The number of carboxylic acid groups (broad SMARTS) is 1. The Balaban J connectivity index is 1.53. The molecule has 0 saturated carbocycles. The van der Waals surface area contributed by atoms with Crippen molar-refractivity contribution < 1.29 is 27.8 Å². The molecule has 7 heteroatoms. The second-order valence-electron chi connectivity index (χ2n) is 6.99. The summed E-state index contributed by atoms with van der Waals surface area (Å²) in [5, 5.41) is 8.95. The van der Waals surface area contributed by atoms with Crippen molar-refractivity contribution in [2.75, 3.05) is 19.7 Å². The van der Waals surface area contributed by atoms with Gasteiger partial charge in [-0.05, 0) is 61.2 Å². The maximum atomic E-state index is 12.6. The predicted octanol–water partition coefficient (Wildman–Crippen LogP) is 4.22. The lowest BCUT2D eigenvalue weighted by Crippen LogP contribution is -2.37. The molecule has 1 fully saturated rings. The molecule has 150 valence electrons. The number of hydrogen-bond donors (Lipinski definition) is 1. The molecule has 1 atom stereocenters. The zero-order valence-corrected chi connectivity index (χ0v) is 15.3. The Labute approximate surface area is 161 Å². The lowest BCUT2D eigenvalue weighted by Gasteiger charge is -2.22. The van der Waals surface area contributed by atoms with Gasteiger partial charge in [0.15, 0.2) is 0 Å². The molecule has 2 aromatic carbocycles. The molecule has 1 aliphatic rings. The van der Waals surface area contributed by atoms with Crippen LogP contribution in [0.5, 0.6) is 5.75 Å². The van der Waals surface area contributed by atoms with Gasteiger partial charge in [-0.25, -0.2) is 0 Å². The zero-order chi connectivity index (χ0) is 20.1. The number of halogens is 3. The van der Waals surface area contributed by atoms with Crippen LogP contribution in [0.2, 0.25) is 0 Å². The summed E-state index contributed by atoms with van der Waals surface area (Å²) in [5.74, 6) is -0.141. The summed E-state index contributed by atoms with van der Waals surface area (Å²) in [6.45, 7) is 1.23. The number of rotatable bonds is 7. The number of carboxylic acids is 1. The first kappa shape index (κ1) is 20.2. The number of nitrogens with zero attached hydrogens (tertiary/aromatic N) is 1. The lowest BCUT2D eigenvalue weighted by atomic mass is 10.0. The van der Waals surface area contributed by atoms with Gasteiger partial charge in [0.05, 0.1) is 12.1 Å². The van der Waals surface area contributed by atoms with E-state index in [1.807, 2.05) is 29.2 Å². The molecule has 3 rings (SSSR count). The third-order valence-electron chi connectivity index (χ3n) is 4.89. The summed E-state index contributed by atoms with van der Waals surface area (Å²) >= 11 is 0. The van der Waals surface area contributed by atoms with Crippen LogP contribution in [0.3, 0.4) is 0 Å². The fourth-order valence-corrected chi connectivity index (χ4v) is 3.41. The van der Waals surface area contributed by atoms with E-state index in [0.717, 1.165) is 42.6 Å². The number of hydrogen-bond acceptors (Lipinski definition) is 3. The monoisotopic (exact) mass is 393 g/mol. The fraction of sp³-hybridized carbons (Fsp3) is 0.381. The number of likely N-dealkylation sites (tertiary alicyclic amines) is 1. The van der Waals surface area contributed by atoms with E-state index in [2.05, 4.69) is 0 Å². The highest BCUT2D eigenvalue weighted by Gasteiger charge is 2.30. The molecule has 2 aromatic rings. The Bertz CT molecular complexity index is 788. The van der Waals surface area contributed by atoms with Gasteiger partial charge in [0, 0.05) is 6.04 Å². The molecule has 1 aliphatic heterocycles. The molecule has 0 radical (unpaired) electrons. The largest absolute Gasteiger partial charge is 0.492 e. The van der Waals surface area contributed by atoms with Crippen molar-refractivity contribution in [3.63, 3.8) is 0 Å². The Morgan fingerprint density at radius 2 is 1.68 bits per heavy atom. The Kier molecular flexibility index (Phi) is 6.24. The molecule has 0 aromatic heterocycles. The van der Waals surface area contributed by atoms with Crippen molar-refractivity contribution in [3.8, 4) is 5.75 Å². The van der Waals surface area contributed by atoms with Crippen molar-refractivity contribution in [3.05, 3.63) is 65.2 Å². The molecule has 0 aliphatic carbocycles. The number of aliphatic carboxylic acids is 1. The van der Waals surface area contributed by atoms with Gasteiger partial charge in [0.1, 0.15) is 12.4 Å². The smallest absolute Gasteiger partial charge is 0.416 e. The van der Waals surface area contributed by atoms with Crippen LogP contribution in [0.25, 0.3) is 0 Å². The SMILES string of the molecule is O=C(O)CN1CCCC1COc1ccc(Cc2ccc(C(F)(F)F)cc2)cc1. The lowest BCUT2D eigenvalue weighted by molar-refractivity contribution is -0.139. The first-order valence-corrected chi connectivity index (χ1v) is 9.15. The maximum absolute atomic E-state index is 12.6. The van der Waals surface area contributed by atoms with Gasteiger partial charge in [0.2, 0.25) is 0 Å². The molecule has 0 amide bonds. The molecule has 1 unspecified atom stereocenters. The summed E-state index contributed by atoms with van der Waals surface area (Å²) in [6, 6.07) is 12.7. The average Bonchev–Trinajstić information content (AvgIpc) is 3.07. The van der Waals surface area contributed by atoms with E-state index in [0.29, 0.717) is 18.8 Å². The molecular weight excluding hydrogens is 371 g/mol. The van der Waals surface area contributed by atoms with Crippen molar-refractivity contribution in [2.24, 2.45) is 0 Å². The Morgan fingerprint density at radius 3 is 2.25 bits per heavy atom. The van der Waals surface area contributed by atoms with Crippen molar-refractivity contribution in [1.82, 2.24) is 4.90 Å². The summed E-state index contributed by atoms with van der Waals surface area (Å²) in [7, 11) is 0. The molecule has 0 spiro atoms. The Hall–Kier alpha value is -2.54. The maximum Gasteiger partial charge on any atom is 0.416 e. The minimum Gasteiger partial charge on any atom is -0.492 e. The number of carbonyl (C=O) groups is 1. The molecular formula is C21H22F3NO3. The van der Waals surface area contributed by atoms with Crippen LogP contribution in [0.15, 0.2) is 48.5 Å². The van der Waals surface area contributed by atoms with E-state index in [9.17, 15) is 18.0 Å². The van der Waals surface area contributed by atoms with Crippen LogP contribution in [0.1, 0.15) is 29.5 Å². The molecule has 4 nitrogen and oxygen atoms in total. The van der Waals surface area contributed by atoms with Crippen LogP contribution in [-0.2, 0) is 17.4 Å². The normalized spacial score (nSPS) is 17.6. The van der Waals surface area contributed by atoms with Crippen LogP contribution >= 0.6 is 0 Å². The van der Waals surface area contributed by atoms with E-state index in [4.69, 9.17) is 9.84 Å². The van der Waals surface area contributed by atoms with Crippen LogP contribution in [0, 0.1) is 0 Å². The van der Waals surface area contributed by atoms with Gasteiger partial charge >= 0.3 is 12.1 Å². The van der Waals surface area contributed by atoms with Gasteiger partial charge in [-0.3, -0.25) is 9.69 Å². The number of benzene rings is 2. The summed E-state index contributed by atoms with van der Waals surface area (Å²) in [4.78, 5) is 12.8. The minimum atomic E-state index is -4.32. The second kappa shape index (κ2) is 8.65. The van der Waals surface area contributed by atoms with E-state index >= 15 is 0 Å². The van der Waals surface area contributed by atoms with Crippen LogP contribution < -0.4 is 4.74 Å². The van der Waals surface area contributed by atoms with Crippen LogP contribution in [-0.4, -0.2) is 41.7 Å². The summed E-state index contributed by atoms with van der Waals surface area (Å²) < 4.78 is 43.6. The van der Waals surface area contributed by atoms with Gasteiger partial charge < -0.3 is 9.84 Å². The minimum absolute atomic E-state index is 0.0279.